The molecule has 1 atom stereocenters. The maximum Gasteiger partial charge on any atom is 0.136 e. The fraction of sp³-hybridized carbons (Fsp3) is 0.588. The molecule has 1 aliphatic heterocycles. The van der Waals surface area contributed by atoms with Crippen molar-refractivity contribution in [3.8, 4) is 5.75 Å². The summed E-state index contributed by atoms with van der Waals surface area (Å²) in [4.78, 5) is 12.1. The molecular weight excluding hydrogens is 236 g/mol. The van der Waals surface area contributed by atoms with Gasteiger partial charge >= 0.3 is 0 Å². The van der Waals surface area contributed by atoms with Gasteiger partial charge in [0.1, 0.15) is 17.6 Å². The number of fused-ring (bicyclic) bond motifs is 1. The summed E-state index contributed by atoms with van der Waals surface area (Å²) >= 11 is 0. The van der Waals surface area contributed by atoms with Gasteiger partial charge in [-0.2, -0.15) is 0 Å². The van der Waals surface area contributed by atoms with Crippen LogP contribution in [-0.2, 0) is 11.2 Å². The highest BCUT2D eigenvalue weighted by Gasteiger charge is 2.26. The molecular formula is C17H22O2. The van der Waals surface area contributed by atoms with Crippen LogP contribution in [0, 0.1) is 12.8 Å². The zero-order valence-corrected chi connectivity index (χ0v) is 11.7. The van der Waals surface area contributed by atoms with Crippen LogP contribution >= 0.6 is 0 Å². The third-order valence-corrected chi connectivity index (χ3v) is 4.48. The van der Waals surface area contributed by atoms with E-state index in [1.807, 2.05) is 0 Å². The summed E-state index contributed by atoms with van der Waals surface area (Å²) in [5.41, 5.74) is 2.59. The Kier molecular flexibility index (Phi) is 3.58. The number of hydrogen-bond acceptors (Lipinski definition) is 2. The van der Waals surface area contributed by atoms with Gasteiger partial charge < -0.3 is 4.74 Å². The molecule has 1 unspecified atom stereocenters. The Labute approximate surface area is 115 Å². The van der Waals surface area contributed by atoms with Crippen molar-refractivity contribution >= 4 is 5.78 Å². The van der Waals surface area contributed by atoms with Crippen LogP contribution in [0.2, 0.25) is 0 Å². The van der Waals surface area contributed by atoms with E-state index in [1.54, 1.807) is 0 Å². The minimum absolute atomic E-state index is 0.210. The number of Topliss-reactive ketones (excluding diaryl/α,β-unsaturated/α-hetero) is 1. The Morgan fingerprint density at radius 3 is 2.89 bits per heavy atom. The molecule has 2 heteroatoms. The summed E-state index contributed by atoms with van der Waals surface area (Å²) < 4.78 is 5.92. The van der Waals surface area contributed by atoms with E-state index in [0.29, 0.717) is 18.1 Å². The summed E-state index contributed by atoms with van der Waals surface area (Å²) in [6.45, 7) is 2.11. The monoisotopic (exact) mass is 258 g/mol. The topological polar surface area (TPSA) is 26.3 Å². The van der Waals surface area contributed by atoms with Crippen LogP contribution in [0.5, 0.6) is 5.75 Å². The lowest BCUT2D eigenvalue weighted by molar-refractivity contribution is -0.123. The molecule has 0 N–H and O–H groups in total. The normalized spacial score (nSPS) is 22.3. The number of ether oxygens (including phenoxy) is 1. The highest BCUT2D eigenvalue weighted by molar-refractivity contribution is 5.81. The Balaban J connectivity index is 1.51. The van der Waals surface area contributed by atoms with E-state index in [4.69, 9.17) is 4.74 Å². The number of hydrogen-bond donors (Lipinski definition) is 0. The molecule has 1 fully saturated rings. The second-order valence-corrected chi connectivity index (χ2v) is 6.04. The van der Waals surface area contributed by atoms with Crippen molar-refractivity contribution in [2.24, 2.45) is 5.92 Å². The van der Waals surface area contributed by atoms with Crippen molar-refractivity contribution in [2.45, 2.75) is 58.0 Å². The minimum atomic E-state index is 0.210. The molecule has 0 aromatic heterocycles. The first-order valence-electron chi connectivity index (χ1n) is 7.51. The maximum atomic E-state index is 12.1. The third kappa shape index (κ3) is 2.83. The molecule has 102 valence electrons. The lowest BCUT2D eigenvalue weighted by Crippen LogP contribution is -2.18. The minimum Gasteiger partial charge on any atom is -0.490 e. The molecule has 1 heterocycles. The molecule has 0 bridgehead atoms. The van der Waals surface area contributed by atoms with Crippen molar-refractivity contribution in [1.29, 1.82) is 0 Å². The van der Waals surface area contributed by atoms with Crippen LogP contribution in [0.1, 0.15) is 49.7 Å². The number of rotatable bonds is 4. The smallest absolute Gasteiger partial charge is 0.136 e. The zero-order valence-electron chi connectivity index (χ0n) is 11.7. The molecule has 1 aromatic carbocycles. The van der Waals surface area contributed by atoms with E-state index < -0.39 is 0 Å². The van der Waals surface area contributed by atoms with Crippen molar-refractivity contribution in [2.75, 3.05) is 0 Å². The highest BCUT2D eigenvalue weighted by Crippen LogP contribution is 2.32. The van der Waals surface area contributed by atoms with Gasteiger partial charge in [0.15, 0.2) is 0 Å². The summed E-state index contributed by atoms with van der Waals surface area (Å²) in [7, 11) is 0. The Morgan fingerprint density at radius 1 is 1.32 bits per heavy atom. The summed E-state index contributed by atoms with van der Waals surface area (Å²) in [6, 6.07) is 6.35. The van der Waals surface area contributed by atoms with E-state index in [2.05, 4.69) is 25.1 Å². The lowest BCUT2D eigenvalue weighted by Gasteiger charge is -2.12. The Bertz CT molecular complexity index is 472. The van der Waals surface area contributed by atoms with Gasteiger partial charge in [0.2, 0.25) is 0 Å². The quantitative estimate of drug-likeness (QED) is 0.820. The van der Waals surface area contributed by atoms with Gasteiger partial charge in [0.25, 0.3) is 0 Å². The van der Waals surface area contributed by atoms with Gasteiger partial charge in [-0.05, 0) is 37.8 Å². The molecule has 1 aromatic rings. The first-order chi connectivity index (χ1) is 9.22. The first-order valence-corrected chi connectivity index (χ1v) is 7.51. The van der Waals surface area contributed by atoms with Gasteiger partial charge in [0.05, 0.1) is 0 Å². The van der Waals surface area contributed by atoms with E-state index in [0.717, 1.165) is 31.4 Å². The van der Waals surface area contributed by atoms with E-state index in [9.17, 15) is 4.79 Å². The summed E-state index contributed by atoms with van der Waals surface area (Å²) in [5, 5.41) is 0. The molecule has 2 aliphatic rings. The van der Waals surface area contributed by atoms with Crippen LogP contribution in [0.25, 0.3) is 0 Å². The number of aryl methyl sites for hydroxylation is 1. The Hall–Kier alpha value is -1.31. The molecule has 2 nitrogen and oxygen atoms in total. The zero-order chi connectivity index (χ0) is 13.2. The third-order valence-electron chi connectivity index (χ3n) is 4.48. The fourth-order valence-electron chi connectivity index (χ4n) is 3.37. The van der Waals surface area contributed by atoms with E-state index in [1.165, 1.54) is 24.0 Å². The fourth-order valence-corrected chi connectivity index (χ4v) is 3.37. The SMILES string of the molecule is Cc1ccc2c(c1)CC(CCC(=O)C1CCCC1)O2. The van der Waals surface area contributed by atoms with Gasteiger partial charge in [-0.1, -0.05) is 30.5 Å². The van der Waals surface area contributed by atoms with Crippen LogP contribution in [-0.4, -0.2) is 11.9 Å². The van der Waals surface area contributed by atoms with E-state index in [-0.39, 0.29) is 6.10 Å². The van der Waals surface area contributed by atoms with Crippen LogP contribution in [0.3, 0.4) is 0 Å². The number of carbonyl (C=O) groups is 1. The van der Waals surface area contributed by atoms with Gasteiger partial charge in [-0.3, -0.25) is 4.79 Å². The van der Waals surface area contributed by atoms with Crippen molar-refractivity contribution < 1.29 is 9.53 Å². The molecule has 0 amide bonds. The molecule has 0 spiro atoms. The number of benzene rings is 1. The molecule has 19 heavy (non-hydrogen) atoms. The molecule has 0 radical (unpaired) electrons. The maximum absolute atomic E-state index is 12.1. The van der Waals surface area contributed by atoms with E-state index >= 15 is 0 Å². The standard InChI is InChI=1S/C17H22O2/c1-12-6-9-17-14(10-12)11-15(19-17)7-8-16(18)13-4-2-3-5-13/h6,9-10,13,15H,2-5,7-8,11H2,1H3. The molecule has 1 aliphatic carbocycles. The second kappa shape index (κ2) is 5.36. The largest absolute Gasteiger partial charge is 0.490 e. The molecule has 3 rings (SSSR count). The summed E-state index contributed by atoms with van der Waals surface area (Å²) in [6.07, 6.45) is 7.46. The predicted octanol–water partition coefficient (Wildman–Crippen LogP) is 3.84. The molecule has 0 saturated heterocycles. The predicted molar refractivity (Wildman–Crippen MR) is 75.5 cm³/mol. The highest BCUT2D eigenvalue weighted by atomic mass is 16.5. The van der Waals surface area contributed by atoms with Gasteiger partial charge in [-0.25, -0.2) is 0 Å². The first kappa shape index (κ1) is 12.7. The van der Waals surface area contributed by atoms with Crippen LogP contribution in [0.15, 0.2) is 18.2 Å². The number of ketones is 1. The van der Waals surface area contributed by atoms with Crippen molar-refractivity contribution in [3.05, 3.63) is 29.3 Å². The van der Waals surface area contributed by atoms with Crippen LogP contribution < -0.4 is 4.74 Å². The van der Waals surface area contributed by atoms with Gasteiger partial charge in [-0.15, -0.1) is 0 Å². The Morgan fingerprint density at radius 2 is 2.11 bits per heavy atom. The summed E-state index contributed by atoms with van der Waals surface area (Å²) in [5.74, 6) is 1.84. The van der Waals surface area contributed by atoms with Gasteiger partial charge in [0, 0.05) is 18.8 Å². The van der Waals surface area contributed by atoms with Crippen molar-refractivity contribution in [3.63, 3.8) is 0 Å². The van der Waals surface area contributed by atoms with Crippen LogP contribution in [0.4, 0.5) is 0 Å². The number of carbonyl (C=O) groups excluding carboxylic acids is 1. The average molecular weight is 258 g/mol. The van der Waals surface area contributed by atoms with Crippen molar-refractivity contribution in [1.82, 2.24) is 0 Å². The average Bonchev–Trinajstić information content (AvgIpc) is 3.04. The molecule has 1 saturated carbocycles. The second-order valence-electron chi connectivity index (χ2n) is 6.04. The lowest BCUT2D eigenvalue weighted by atomic mass is 9.96.